The molecule has 1 unspecified atom stereocenters. The standard InChI is InChI=1S/C17H30N6O2.C2H8N2.C2H5NO.3C2H6/c1-9-13(16(24)21-5)10(2)15(20-4)11(3)14(9)17(25)22-7-6-12(8-18)23-19;2*3-1-2-4;3*1-2/h12,20,23H,6-8,18-19H2,1-5H3,(H,21,24)(H,22,25);1-4H2;2H,1,3H2;3*1-2H3. The van der Waals surface area contributed by atoms with Crippen molar-refractivity contribution < 1.29 is 14.4 Å². The van der Waals surface area contributed by atoms with Gasteiger partial charge in [0.1, 0.15) is 6.29 Å². The van der Waals surface area contributed by atoms with Gasteiger partial charge in [0, 0.05) is 69.7 Å². The fourth-order valence-electron chi connectivity index (χ4n) is 3.12. The molecule has 0 saturated carbocycles. The molecule has 0 bridgehead atoms. The molecule has 0 radical (unpaired) electrons. The zero-order chi connectivity index (χ0) is 32.0. The number of hydrazine groups is 1. The summed E-state index contributed by atoms with van der Waals surface area (Å²) in [6.45, 7) is 19.7. The summed E-state index contributed by atoms with van der Waals surface area (Å²) in [6.07, 6.45) is 1.27. The SMILES string of the molecule is CC.CC.CC.CNC(=O)c1c(C)c(NC)c(C)c(C(=O)NCCC(CN)NN)c1C.NCC=O.NCCN. The summed E-state index contributed by atoms with van der Waals surface area (Å²) in [4.78, 5) is 34.1. The van der Waals surface area contributed by atoms with Crippen molar-refractivity contribution >= 4 is 23.8 Å². The van der Waals surface area contributed by atoms with Crippen molar-refractivity contribution in [1.82, 2.24) is 16.1 Å². The largest absolute Gasteiger partial charge is 0.388 e. The van der Waals surface area contributed by atoms with Crippen LogP contribution < -0.4 is 50.2 Å². The van der Waals surface area contributed by atoms with E-state index in [0.29, 0.717) is 55.6 Å². The van der Waals surface area contributed by atoms with Crippen molar-refractivity contribution in [3.05, 3.63) is 27.8 Å². The van der Waals surface area contributed by atoms with E-state index in [2.05, 4.69) is 27.1 Å². The lowest BCUT2D eigenvalue weighted by Gasteiger charge is -2.21. The summed E-state index contributed by atoms with van der Waals surface area (Å²) in [7, 11) is 3.35. The average molecular weight is 560 g/mol. The van der Waals surface area contributed by atoms with Crippen LogP contribution in [0.4, 0.5) is 5.69 Å². The third-order valence-electron chi connectivity index (χ3n) is 4.74. The first kappa shape index (κ1) is 46.3. The number of anilines is 1. The number of carbonyl (C=O) groups excluding carboxylic acids is 3. The summed E-state index contributed by atoms with van der Waals surface area (Å²) in [5, 5.41) is 8.62. The third-order valence-corrected chi connectivity index (χ3v) is 4.74. The molecule has 2 amide bonds. The minimum atomic E-state index is -0.218. The van der Waals surface area contributed by atoms with E-state index in [-0.39, 0.29) is 24.4 Å². The van der Waals surface area contributed by atoms with E-state index in [1.54, 1.807) is 21.0 Å². The number of nitrogens with two attached hydrogens (primary N) is 5. The maximum absolute atomic E-state index is 12.7. The number of hydrogen-bond acceptors (Lipinski definition) is 10. The zero-order valence-corrected chi connectivity index (χ0v) is 26.5. The van der Waals surface area contributed by atoms with E-state index in [1.165, 1.54) is 0 Å². The van der Waals surface area contributed by atoms with Gasteiger partial charge in [0.2, 0.25) is 0 Å². The van der Waals surface area contributed by atoms with Gasteiger partial charge in [0.15, 0.2) is 0 Å². The third kappa shape index (κ3) is 19.2. The molecule has 1 aromatic carbocycles. The van der Waals surface area contributed by atoms with Gasteiger partial charge in [-0.1, -0.05) is 41.5 Å². The van der Waals surface area contributed by atoms with Crippen molar-refractivity contribution in [2.45, 2.75) is 74.8 Å². The Morgan fingerprint density at radius 3 is 1.49 bits per heavy atom. The van der Waals surface area contributed by atoms with Gasteiger partial charge in [-0.25, -0.2) is 0 Å². The molecule has 39 heavy (non-hydrogen) atoms. The summed E-state index contributed by atoms with van der Waals surface area (Å²) in [5.41, 5.74) is 26.8. The molecular weight excluding hydrogens is 498 g/mol. The molecule has 12 heteroatoms. The minimum absolute atomic E-state index is 0.0604. The molecule has 1 rings (SSSR count). The second-order valence-electron chi connectivity index (χ2n) is 6.95. The molecule has 0 spiro atoms. The first-order chi connectivity index (χ1) is 18.7. The lowest BCUT2D eigenvalue weighted by molar-refractivity contribution is -0.106. The molecule has 232 valence electrons. The quantitative estimate of drug-likeness (QED) is 0.112. The molecule has 1 aromatic rings. The van der Waals surface area contributed by atoms with Gasteiger partial charge in [-0.15, -0.1) is 0 Å². The van der Waals surface area contributed by atoms with Gasteiger partial charge in [-0.3, -0.25) is 20.9 Å². The predicted molar refractivity (Wildman–Crippen MR) is 168 cm³/mol. The molecule has 0 heterocycles. The molecule has 0 aliphatic carbocycles. The zero-order valence-electron chi connectivity index (χ0n) is 26.5. The maximum Gasteiger partial charge on any atom is 0.251 e. The topological polar surface area (TPSA) is 229 Å². The Labute approximate surface area is 237 Å². The van der Waals surface area contributed by atoms with Gasteiger partial charge in [0.05, 0.1) is 0 Å². The summed E-state index contributed by atoms with van der Waals surface area (Å²) >= 11 is 0. The highest BCUT2D eigenvalue weighted by molar-refractivity contribution is 6.06. The van der Waals surface area contributed by atoms with Crippen LogP contribution in [0, 0.1) is 20.8 Å². The summed E-state index contributed by atoms with van der Waals surface area (Å²) in [6, 6.07) is -0.0604. The Morgan fingerprint density at radius 2 is 1.21 bits per heavy atom. The molecule has 0 aliphatic heterocycles. The Morgan fingerprint density at radius 1 is 0.795 bits per heavy atom. The Kier molecular flexibility index (Phi) is 39.6. The van der Waals surface area contributed by atoms with E-state index in [4.69, 9.17) is 27.8 Å². The van der Waals surface area contributed by atoms with E-state index in [1.807, 2.05) is 55.4 Å². The number of nitrogens with one attached hydrogen (secondary N) is 4. The molecule has 1 atom stereocenters. The number of benzene rings is 1. The smallest absolute Gasteiger partial charge is 0.251 e. The van der Waals surface area contributed by atoms with Gasteiger partial charge < -0.3 is 43.7 Å². The van der Waals surface area contributed by atoms with Gasteiger partial charge in [-0.05, 0) is 43.9 Å². The molecular formula is C27H61N9O3. The molecule has 14 N–H and O–H groups in total. The normalized spacial score (nSPS) is 9.44. The van der Waals surface area contributed by atoms with Gasteiger partial charge >= 0.3 is 0 Å². The number of rotatable bonds is 10. The van der Waals surface area contributed by atoms with Crippen LogP contribution in [0.5, 0.6) is 0 Å². The number of aldehydes is 1. The van der Waals surface area contributed by atoms with Crippen LogP contribution in [0.15, 0.2) is 0 Å². The molecule has 0 aliphatic rings. The Hall–Kier alpha value is -2.61. The lowest BCUT2D eigenvalue weighted by atomic mass is 9.90. The van der Waals surface area contributed by atoms with E-state index in [0.717, 1.165) is 16.8 Å². The van der Waals surface area contributed by atoms with Crippen molar-refractivity contribution in [2.24, 2.45) is 28.8 Å². The monoisotopic (exact) mass is 559 g/mol. The van der Waals surface area contributed by atoms with Crippen LogP contribution >= 0.6 is 0 Å². The summed E-state index contributed by atoms with van der Waals surface area (Å²) in [5.74, 6) is 4.96. The number of amides is 2. The van der Waals surface area contributed by atoms with E-state index >= 15 is 0 Å². The van der Waals surface area contributed by atoms with Crippen LogP contribution in [-0.4, -0.2) is 71.0 Å². The molecule has 12 nitrogen and oxygen atoms in total. The highest BCUT2D eigenvalue weighted by atomic mass is 16.2. The van der Waals surface area contributed by atoms with Crippen LogP contribution in [0.1, 0.15) is 85.4 Å². The van der Waals surface area contributed by atoms with Crippen molar-refractivity contribution in [1.29, 1.82) is 0 Å². The maximum atomic E-state index is 12.7. The van der Waals surface area contributed by atoms with Gasteiger partial charge in [0.25, 0.3) is 11.8 Å². The van der Waals surface area contributed by atoms with Crippen molar-refractivity contribution in [3.63, 3.8) is 0 Å². The molecule has 0 saturated heterocycles. The van der Waals surface area contributed by atoms with Gasteiger partial charge in [-0.2, -0.15) is 0 Å². The second kappa shape index (κ2) is 33.4. The second-order valence-corrected chi connectivity index (χ2v) is 6.95. The van der Waals surface area contributed by atoms with Crippen molar-refractivity contribution in [3.8, 4) is 0 Å². The molecule has 0 aromatic heterocycles. The van der Waals surface area contributed by atoms with E-state index in [9.17, 15) is 9.59 Å². The fraction of sp³-hybridized carbons (Fsp3) is 0.667. The Bertz CT molecular complexity index is 740. The first-order valence-corrected chi connectivity index (χ1v) is 13.7. The summed E-state index contributed by atoms with van der Waals surface area (Å²) < 4.78 is 0. The average Bonchev–Trinajstić information content (AvgIpc) is 2.98. The van der Waals surface area contributed by atoms with Crippen molar-refractivity contribution in [2.75, 3.05) is 52.1 Å². The fourth-order valence-corrected chi connectivity index (χ4v) is 3.12. The van der Waals surface area contributed by atoms with Crippen LogP contribution in [0.25, 0.3) is 0 Å². The highest BCUT2D eigenvalue weighted by Gasteiger charge is 2.24. The van der Waals surface area contributed by atoms with Crippen LogP contribution in [0.2, 0.25) is 0 Å². The predicted octanol–water partition coefficient (Wildman–Crippen LogP) is 1.05. The Balaban J connectivity index is -0.000000231. The lowest BCUT2D eigenvalue weighted by Crippen LogP contribution is -2.43. The number of carbonyl (C=O) groups is 3. The first-order valence-electron chi connectivity index (χ1n) is 13.7. The van der Waals surface area contributed by atoms with Crippen LogP contribution in [-0.2, 0) is 4.79 Å². The minimum Gasteiger partial charge on any atom is -0.388 e. The molecule has 0 fully saturated rings. The van der Waals surface area contributed by atoms with Crippen LogP contribution in [0.3, 0.4) is 0 Å². The number of hydrogen-bond donors (Lipinski definition) is 9. The van der Waals surface area contributed by atoms with E-state index < -0.39 is 0 Å². The highest BCUT2D eigenvalue weighted by Crippen LogP contribution is 2.31.